The maximum atomic E-state index is 13.4. The van der Waals surface area contributed by atoms with Crippen molar-refractivity contribution in [1.82, 2.24) is 0 Å². The van der Waals surface area contributed by atoms with Crippen LogP contribution in [0.2, 0.25) is 0 Å². The highest BCUT2D eigenvalue weighted by Gasteiger charge is 2.19. The molecule has 0 atom stereocenters. The molecule has 0 heterocycles. The summed E-state index contributed by atoms with van der Waals surface area (Å²) in [6, 6.07) is 15.0. The van der Waals surface area contributed by atoms with Crippen LogP contribution in [0.3, 0.4) is 0 Å². The molecule has 3 aromatic rings. The third-order valence-electron chi connectivity index (χ3n) is 3.70. The number of benzene rings is 3. The fourth-order valence-electron chi connectivity index (χ4n) is 2.37. The van der Waals surface area contributed by atoms with Gasteiger partial charge in [-0.3, -0.25) is 9.52 Å². The van der Waals surface area contributed by atoms with Crippen molar-refractivity contribution >= 4 is 43.2 Å². The van der Waals surface area contributed by atoms with Crippen LogP contribution < -0.4 is 10.0 Å². The van der Waals surface area contributed by atoms with Crippen LogP contribution >= 0.6 is 15.9 Å². The van der Waals surface area contributed by atoms with Gasteiger partial charge in [-0.25, -0.2) is 17.2 Å². The number of carbonyl (C=O) groups excluding carboxylic acids is 1. The molecule has 0 aliphatic rings. The highest BCUT2D eigenvalue weighted by Crippen LogP contribution is 2.25. The lowest BCUT2D eigenvalue weighted by Crippen LogP contribution is -2.18. The van der Waals surface area contributed by atoms with Gasteiger partial charge in [-0.05, 0) is 42.5 Å². The van der Waals surface area contributed by atoms with Crippen molar-refractivity contribution in [1.29, 1.82) is 0 Å². The molecule has 0 fully saturated rings. The van der Waals surface area contributed by atoms with E-state index in [-0.39, 0.29) is 21.8 Å². The molecule has 144 valence electrons. The van der Waals surface area contributed by atoms with Gasteiger partial charge in [0.15, 0.2) is 11.6 Å². The number of nitrogens with one attached hydrogen (secondary N) is 2. The topological polar surface area (TPSA) is 75.3 Å². The minimum atomic E-state index is -3.92. The number of amides is 1. The standard InChI is InChI=1S/C19H13BrF2N2O3S/c20-12-6-9-18(24-28(26,27)14-4-2-1-3-5-14)15(10-12)19(25)23-13-7-8-16(21)17(22)11-13/h1-11,24H,(H,23,25). The maximum absolute atomic E-state index is 13.4. The molecular formula is C19H13BrF2N2O3S. The molecule has 28 heavy (non-hydrogen) atoms. The molecule has 3 rings (SSSR count). The van der Waals surface area contributed by atoms with Crippen LogP contribution in [0.4, 0.5) is 20.2 Å². The van der Waals surface area contributed by atoms with Crippen LogP contribution in [0.5, 0.6) is 0 Å². The first-order valence-electron chi connectivity index (χ1n) is 7.90. The minimum absolute atomic E-state index is 0.00128. The summed E-state index contributed by atoms with van der Waals surface area (Å²) in [6.45, 7) is 0. The van der Waals surface area contributed by atoms with E-state index < -0.39 is 27.6 Å². The highest BCUT2D eigenvalue weighted by molar-refractivity contribution is 9.10. The number of rotatable bonds is 5. The zero-order chi connectivity index (χ0) is 20.3. The molecule has 0 unspecified atom stereocenters. The van der Waals surface area contributed by atoms with E-state index >= 15 is 0 Å². The number of hydrogen-bond donors (Lipinski definition) is 2. The molecule has 0 bridgehead atoms. The Kier molecular flexibility index (Phi) is 5.76. The molecule has 0 aliphatic carbocycles. The molecule has 3 aromatic carbocycles. The Balaban J connectivity index is 1.92. The molecule has 0 radical (unpaired) electrons. The predicted octanol–water partition coefficient (Wildman–Crippen LogP) is 4.78. The molecular weight excluding hydrogens is 454 g/mol. The smallest absolute Gasteiger partial charge is 0.261 e. The van der Waals surface area contributed by atoms with Crippen LogP contribution in [0.25, 0.3) is 0 Å². The first-order valence-corrected chi connectivity index (χ1v) is 10.2. The van der Waals surface area contributed by atoms with Crippen LogP contribution in [0.15, 0.2) is 76.1 Å². The first-order chi connectivity index (χ1) is 13.3. The van der Waals surface area contributed by atoms with Gasteiger partial charge in [0.05, 0.1) is 16.1 Å². The average Bonchev–Trinajstić information content (AvgIpc) is 2.66. The van der Waals surface area contributed by atoms with E-state index in [1.54, 1.807) is 24.3 Å². The number of sulfonamides is 1. The van der Waals surface area contributed by atoms with E-state index in [1.165, 1.54) is 30.3 Å². The van der Waals surface area contributed by atoms with E-state index in [2.05, 4.69) is 26.0 Å². The summed E-state index contributed by atoms with van der Waals surface area (Å²) < 4.78 is 54.4. The largest absolute Gasteiger partial charge is 0.322 e. The molecule has 1 amide bonds. The van der Waals surface area contributed by atoms with E-state index in [9.17, 15) is 22.0 Å². The Hall–Kier alpha value is -2.78. The quantitative estimate of drug-likeness (QED) is 0.567. The third kappa shape index (κ3) is 4.55. The second-order valence-electron chi connectivity index (χ2n) is 5.69. The Bertz CT molecular complexity index is 1140. The summed E-state index contributed by atoms with van der Waals surface area (Å²) in [5.41, 5.74) is 0.0616. The van der Waals surface area contributed by atoms with Crippen molar-refractivity contribution in [3.63, 3.8) is 0 Å². The minimum Gasteiger partial charge on any atom is -0.322 e. The van der Waals surface area contributed by atoms with Crippen molar-refractivity contribution < 1.29 is 22.0 Å². The average molecular weight is 467 g/mol. The Morgan fingerprint density at radius 2 is 1.61 bits per heavy atom. The molecule has 0 saturated carbocycles. The third-order valence-corrected chi connectivity index (χ3v) is 5.58. The van der Waals surface area contributed by atoms with Crippen molar-refractivity contribution in [3.05, 3.63) is 88.4 Å². The summed E-state index contributed by atoms with van der Waals surface area (Å²) in [6.07, 6.45) is 0. The monoisotopic (exact) mass is 466 g/mol. The van der Waals surface area contributed by atoms with Gasteiger partial charge in [-0.1, -0.05) is 34.1 Å². The Morgan fingerprint density at radius 1 is 0.893 bits per heavy atom. The van der Waals surface area contributed by atoms with E-state index in [1.807, 2.05) is 0 Å². The lowest BCUT2D eigenvalue weighted by Gasteiger charge is -2.13. The van der Waals surface area contributed by atoms with Gasteiger partial charge in [-0.15, -0.1) is 0 Å². The number of halogens is 3. The summed E-state index contributed by atoms with van der Waals surface area (Å²) in [5.74, 6) is -2.85. The number of carbonyl (C=O) groups is 1. The summed E-state index contributed by atoms with van der Waals surface area (Å²) in [7, 11) is -3.92. The second-order valence-corrected chi connectivity index (χ2v) is 8.29. The van der Waals surface area contributed by atoms with E-state index in [0.717, 1.165) is 12.1 Å². The van der Waals surface area contributed by atoms with Crippen molar-refractivity contribution in [2.24, 2.45) is 0 Å². The highest BCUT2D eigenvalue weighted by atomic mass is 79.9. The van der Waals surface area contributed by atoms with E-state index in [0.29, 0.717) is 4.47 Å². The second kappa shape index (κ2) is 8.07. The van der Waals surface area contributed by atoms with Gasteiger partial charge in [0, 0.05) is 16.2 Å². The fraction of sp³-hybridized carbons (Fsp3) is 0. The van der Waals surface area contributed by atoms with Crippen LogP contribution in [-0.2, 0) is 10.0 Å². The summed E-state index contributed by atoms with van der Waals surface area (Å²) in [4.78, 5) is 12.7. The van der Waals surface area contributed by atoms with Gasteiger partial charge < -0.3 is 5.32 Å². The van der Waals surface area contributed by atoms with Gasteiger partial charge in [-0.2, -0.15) is 0 Å². The number of anilines is 2. The summed E-state index contributed by atoms with van der Waals surface area (Å²) >= 11 is 3.23. The normalized spacial score (nSPS) is 11.1. The van der Waals surface area contributed by atoms with E-state index in [4.69, 9.17) is 0 Å². The van der Waals surface area contributed by atoms with Gasteiger partial charge in [0.25, 0.3) is 15.9 Å². The molecule has 0 saturated heterocycles. The molecule has 0 spiro atoms. The Morgan fingerprint density at radius 3 is 2.29 bits per heavy atom. The predicted molar refractivity (Wildman–Crippen MR) is 106 cm³/mol. The molecule has 0 aliphatic heterocycles. The van der Waals surface area contributed by atoms with Crippen molar-refractivity contribution in [2.45, 2.75) is 4.90 Å². The summed E-state index contributed by atoms with van der Waals surface area (Å²) in [5, 5.41) is 2.42. The first kappa shape index (κ1) is 20.0. The molecule has 9 heteroatoms. The maximum Gasteiger partial charge on any atom is 0.261 e. The lowest BCUT2D eigenvalue weighted by molar-refractivity contribution is 0.102. The van der Waals surface area contributed by atoms with Crippen molar-refractivity contribution in [3.8, 4) is 0 Å². The molecule has 5 nitrogen and oxygen atoms in total. The lowest BCUT2D eigenvalue weighted by atomic mass is 10.1. The SMILES string of the molecule is O=C(Nc1ccc(F)c(F)c1)c1cc(Br)ccc1NS(=O)(=O)c1ccccc1. The van der Waals surface area contributed by atoms with Gasteiger partial charge in [0.2, 0.25) is 0 Å². The van der Waals surface area contributed by atoms with Gasteiger partial charge >= 0.3 is 0 Å². The molecule has 2 N–H and O–H groups in total. The number of hydrogen-bond acceptors (Lipinski definition) is 3. The zero-order valence-electron chi connectivity index (χ0n) is 14.1. The zero-order valence-corrected chi connectivity index (χ0v) is 16.5. The van der Waals surface area contributed by atoms with Crippen molar-refractivity contribution in [2.75, 3.05) is 10.0 Å². The van der Waals surface area contributed by atoms with Crippen LogP contribution in [0.1, 0.15) is 10.4 Å². The fourth-order valence-corrected chi connectivity index (χ4v) is 3.83. The van der Waals surface area contributed by atoms with Gasteiger partial charge in [0.1, 0.15) is 0 Å². The van der Waals surface area contributed by atoms with Crippen LogP contribution in [-0.4, -0.2) is 14.3 Å². The molecule has 0 aromatic heterocycles. The Labute approximate surface area is 168 Å². The van der Waals surface area contributed by atoms with Crippen LogP contribution in [0, 0.1) is 11.6 Å².